The van der Waals surface area contributed by atoms with Crippen LogP contribution in [-0.2, 0) is 4.79 Å². The molecular weight excluding hydrogens is 354 g/mol. The van der Waals surface area contributed by atoms with E-state index in [-0.39, 0.29) is 6.47 Å². The molecule has 6 heteroatoms. The summed E-state index contributed by atoms with van der Waals surface area (Å²) in [6.45, 7) is 4.15. The van der Waals surface area contributed by atoms with E-state index >= 15 is 0 Å². The number of para-hydroxylation sites is 1. The molecule has 1 fully saturated rings. The number of hydrogen-bond donors (Lipinski definition) is 2. The van der Waals surface area contributed by atoms with Crippen LogP contribution in [0.2, 0.25) is 0 Å². The highest BCUT2D eigenvalue weighted by Crippen LogP contribution is 2.32. The van der Waals surface area contributed by atoms with Crippen molar-refractivity contribution in [2.24, 2.45) is 0 Å². The summed E-state index contributed by atoms with van der Waals surface area (Å²) in [5, 5.41) is 12.5. The fourth-order valence-corrected chi connectivity index (χ4v) is 3.72. The quantitative estimate of drug-likeness (QED) is 0.382. The number of benzene rings is 2. The molecule has 1 saturated heterocycles. The van der Waals surface area contributed by atoms with Gasteiger partial charge < -0.3 is 20.1 Å². The lowest BCUT2D eigenvalue weighted by atomic mass is 10.1. The van der Waals surface area contributed by atoms with Gasteiger partial charge in [0.2, 0.25) is 0 Å². The van der Waals surface area contributed by atoms with Crippen LogP contribution >= 0.6 is 0 Å². The number of aromatic nitrogens is 1. The zero-order valence-electron chi connectivity index (χ0n) is 16.2. The Labute approximate surface area is 165 Å². The van der Waals surface area contributed by atoms with Gasteiger partial charge in [-0.1, -0.05) is 18.2 Å². The Kier molecular flexibility index (Phi) is 7.03. The highest BCUT2D eigenvalue weighted by atomic mass is 16.5. The molecule has 148 valence electrons. The van der Waals surface area contributed by atoms with Gasteiger partial charge in [-0.2, -0.15) is 0 Å². The van der Waals surface area contributed by atoms with Crippen molar-refractivity contribution < 1.29 is 14.6 Å². The van der Waals surface area contributed by atoms with Crippen LogP contribution in [0, 0.1) is 0 Å². The van der Waals surface area contributed by atoms with Gasteiger partial charge in [0.05, 0.1) is 23.3 Å². The molecule has 0 amide bonds. The molecular formula is C22H27N3O3. The molecule has 2 aromatic carbocycles. The number of nitrogens with one attached hydrogen (secondary N) is 1. The molecule has 2 N–H and O–H groups in total. The van der Waals surface area contributed by atoms with E-state index in [0.717, 1.165) is 52.8 Å². The summed E-state index contributed by atoms with van der Waals surface area (Å²) in [6.07, 6.45) is 3.77. The summed E-state index contributed by atoms with van der Waals surface area (Å²) in [5.41, 5.74) is 3.10. The second-order valence-electron chi connectivity index (χ2n) is 6.79. The highest BCUT2D eigenvalue weighted by molar-refractivity contribution is 6.07. The van der Waals surface area contributed by atoms with Crippen molar-refractivity contribution in [1.82, 2.24) is 9.88 Å². The van der Waals surface area contributed by atoms with Crippen molar-refractivity contribution in [3.8, 4) is 5.75 Å². The van der Waals surface area contributed by atoms with E-state index in [1.807, 2.05) is 13.1 Å². The van der Waals surface area contributed by atoms with Gasteiger partial charge in [0.1, 0.15) is 5.75 Å². The molecule has 0 bridgehead atoms. The van der Waals surface area contributed by atoms with Gasteiger partial charge in [-0.15, -0.1) is 0 Å². The first-order chi connectivity index (χ1) is 13.8. The Bertz CT molecular complexity index is 923. The minimum absolute atomic E-state index is 0.250. The maximum absolute atomic E-state index is 8.36. The lowest BCUT2D eigenvalue weighted by Crippen LogP contribution is -2.21. The number of likely N-dealkylation sites (tertiary alicyclic amines) is 1. The van der Waals surface area contributed by atoms with E-state index in [0.29, 0.717) is 0 Å². The van der Waals surface area contributed by atoms with Crippen molar-refractivity contribution in [2.75, 3.05) is 38.6 Å². The number of anilines is 1. The van der Waals surface area contributed by atoms with Crippen LogP contribution in [0.15, 0.2) is 42.5 Å². The Morgan fingerprint density at radius 3 is 2.61 bits per heavy atom. The van der Waals surface area contributed by atoms with Gasteiger partial charge >= 0.3 is 0 Å². The van der Waals surface area contributed by atoms with E-state index < -0.39 is 0 Å². The molecule has 1 aromatic heterocycles. The first kappa shape index (κ1) is 19.9. The van der Waals surface area contributed by atoms with E-state index in [2.05, 4.69) is 46.6 Å². The number of carboxylic acid groups (broad SMARTS) is 1. The smallest absolute Gasteiger partial charge is 0.290 e. The minimum atomic E-state index is -0.250. The van der Waals surface area contributed by atoms with Crippen molar-refractivity contribution >= 4 is 34.0 Å². The fraction of sp³-hybridized carbons (Fsp3) is 0.364. The summed E-state index contributed by atoms with van der Waals surface area (Å²) in [5.74, 6) is 0.902. The second-order valence-corrected chi connectivity index (χ2v) is 6.79. The molecule has 0 unspecified atom stereocenters. The lowest BCUT2D eigenvalue weighted by Gasteiger charge is -2.15. The second kappa shape index (κ2) is 9.90. The molecule has 0 atom stereocenters. The number of carbonyl (C=O) groups is 1. The lowest BCUT2D eigenvalue weighted by molar-refractivity contribution is -0.122. The normalized spacial score (nSPS) is 13.9. The van der Waals surface area contributed by atoms with Gasteiger partial charge in [0.25, 0.3) is 6.47 Å². The Balaban J connectivity index is 0.000000706. The number of fused-ring (bicyclic) bond motifs is 2. The fourth-order valence-electron chi connectivity index (χ4n) is 3.72. The molecule has 0 spiro atoms. The average Bonchev–Trinajstić information content (AvgIpc) is 3.23. The van der Waals surface area contributed by atoms with Crippen molar-refractivity contribution in [2.45, 2.75) is 19.3 Å². The SMILES string of the molecule is CNc1c2ccccc2nc2cc(OCCCN3CCCC3)ccc12.O=CO. The summed E-state index contributed by atoms with van der Waals surface area (Å²) >= 11 is 0. The summed E-state index contributed by atoms with van der Waals surface area (Å²) in [7, 11) is 1.96. The zero-order valence-corrected chi connectivity index (χ0v) is 16.2. The average molecular weight is 381 g/mol. The van der Waals surface area contributed by atoms with Gasteiger partial charge in [-0.25, -0.2) is 4.98 Å². The Hall–Kier alpha value is -2.86. The first-order valence-electron chi connectivity index (χ1n) is 9.70. The maximum Gasteiger partial charge on any atom is 0.290 e. The number of rotatable bonds is 6. The Morgan fingerprint density at radius 1 is 1.14 bits per heavy atom. The van der Waals surface area contributed by atoms with Crippen LogP contribution in [-0.4, -0.2) is 54.8 Å². The zero-order chi connectivity index (χ0) is 19.8. The van der Waals surface area contributed by atoms with Crippen LogP contribution in [0.5, 0.6) is 5.75 Å². The summed E-state index contributed by atoms with van der Waals surface area (Å²) in [4.78, 5) is 15.7. The van der Waals surface area contributed by atoms with Crippen LogP contribution < -0.4 is 10.1 Å². The molecule has 4 rings (SSSR count). The Morgan fingerprint density at radius 2 is 1.86 bits per heavy atom. The highest BCUT2D eigenvalue weighted by Gasteiger charge is 2.11. The van der Waals surface area contributed by atoms with Gasteiger partial charge in [0.15, 0.2) is 0 Å². The van der Waals surface area contributed by atoms with Gasteiger partial charge in [-0.05, 0) is 50.6 Å². The minimum Gasteiger partial charge on any atom is -0.493 e. The predicted octanol–water partition coefficient (Wildman–Crippen LogP) is 4.00. The summed E-state index contributed by atoms with van der Waals surface area (Å²) in [6, 6.07) is 14.5. The molecule has 2 heterocycles. The number of ether oxygens (including phenoxy) is 1. The third-order valence-corrected chi connectivity index (χ3v) is 4.99. The predicted molar refractivity (Wildman–Crippen MR) is 113 cm³/mol. The third-order valence-electron chi connectivity index (χ3n) is 4.99. The van der Waals surface area contributed by atoms with Crippen LogP contribution in [0.4, 0.5) is 5.69 Å². The largest absolute Gasteiger partial charge is 0.493 e. The van der Waals surface area contributed by atoms with Gasteiger partial charge in [0, 0.05) is 30.4 Å². The monoisotopic (exact) mass is 381 g/mol. The molecule has 0 saturated carbocycles. The maximum atomic E-state index is 8.36. The van der Waals surface area contributed by atoms with E-state index in [4.69, 9.17) is 19.6 Å². The van der Waals surface area contributed by atoms with Crippen molar-refractivity contribution in [1.29, 1.82) is 0 Å². The standard InChI is InChI=1S/C21H25N3O.CH2O2/c1-22-21-17-7-2-3-8-19(17)23-20-15-16(9-10-18(20)21)25-14-6-13-24-11-4-5-12-24;2-1-3/h2-3,7-10,15H,4-6,11-14H2,1H3,(H,22,23);1H,(H,2,3). The van der Waals surface area contributed by atoms with Crippen molar-refractivity contribution in [3.63, 3.8) is 0 Å². The van der Waals surface area contributed by atoms with Crippen molar-refractivity contribution in [3.05, 3.63) is 42.5 Å². The third kappa shape index (κ3) is 4.70. The van der Waals surface area contributed by atoms with Gasteiger partial charge in [-0.3, -0.25) is 4.79 Å². The molecule has 28 heavy (non-hydrogen) atoms. The van der Waals surface area contributed by atoms with E-state index in [1.165, 1.54) is 25.9 Å². The molecule has 3 aromatic rings. The molecule has 6 nitrogen and oxygen atoms in total. The number of pyridine rings is 1. The first-order valence-corrected chi connectivity index (χ1v) is 9.70. The van der Waals surface area contributed by atoms with Crippen LogP contribution in [0.1, 0.15) is 19.3 Å². The summed E-state index contributed by atoms with van der Waals surface area (Å²) < 4.78 is 5.97. The molecule has 1 aliphatic rings. The van der Waals surface area contributed by atoms with E-state index in [9.17, 15) is 0 Å². The van der Waals surface area contributed by atoms with E-state index in [1.54, 1.807) is 0 Å². The van der Waals surface area contributed by atoms with Crippen LogP contribution in [0.3, 0.4) is 0 Å². The number of hydrogen-bond acceptors (Lipinski definition) is 5. The number of nitrogens with zero attached hydrogens (tertiary/aromatic N) is 2. The topological polar surface area (TPSA) is 74.7 Å². The molecule has 0 radical (unpaired) electrons. The molecule has 1 aliphatic heterocycles. The molecule has 0 aliphatic carbocycles. The van der Waals surface area contributed by atoms with Crippen LogP contribution in [0.25, 0.3) is 21.8 Å².